The second-order valence-corrected chi connectivity index (χ2v) is 17.3. The summed E-state index contributed by atoms with van der Waals surface area (Å²) in [6.07, 6.45) is 4.59. The van der Waals surface area contributed by atoms with Crippen molar-refractivity contribution in [3.05, 3.63) is 11.1 Å². The molecule has 4 saturated carbocycles. The lowest BCUT2D eigenvalue weighted by atomic mass is 9.33. The highest BCUT2D eigenvalue weighted by atomic mass is 16.7. The van der Waals surface area contributed by atoms with Crippen LogP contribution in [0.25, 0.3) is 0 Å². The molecule has 254 valence electrons. The van der Waals surface area contributed by atoms with Crippen LogP contribution < -0.4 is 0 Å². The molecule has 0 bridgehead atoms. The number of carbonyl (C=O) groups excluding carboxylic acids is 2. The number of esters is 1. The molecule has 5 aliphatic carbocycles. The van der Waals surface area contributed by atoms with Gasteiger partial charge < -0.3 is 29.5 Å². The first-order chi connectivity index (χ1) is 21.0. The number of hydrogen-bond donors (Lipinski definition) is 3. The molecule has 1 saturated heterocycles. The van der Waals surface area contributed by atoms with E-state index in [2.05, 4.69) is 48.5 Å². The maximum Gasteiger partial charge on any atom is 0.316 e. The standard InChI is InChI=1S/C37H58O8/c1-20(2)29-23(40)18-37(32(42)43-8)16-15-35(6)21(30(29)37)9-10-26-34(5)13-12-27(33(3,4)25(34)11-14-36(26,35)7)45-28-17-22(39)31(41)24(19-38)44-28/h20-22,24-28,31,38-39,41H,9-19H2,1-8H3/t21?,22-,24-,25?,26?,27?,28-,31-,34+,35-,36-,37-/m1/s1. The van der Waals surface area contributed by atoms with Gasteiger partial charge in [-0.15, -0.1) is 0 Å². The third-order valence-corrected chi connectivity index (χ3v) is 15.0. The third-order valence-electron chi connectivity index (χ3n) is 15.0. The molecule has 1 heterocycles. The second kappa shape index (κ2) is 11.1. The van der Waals surface area contributed by atoms with Gasteiger partial charge in [0.1, 0.15) is 12.2 Å². The maximum absolute atomic E-state index is 13.6. The van der Waals surface area contributed by atoms with E-state index in [0.717, 1.165) is 56.1 Å². The van der Waals surface area contributed by atoms with Crippen LogP contribution >= 0.6 is 0 Å². The van der Waals surface area contributed by atoms with Gasteiger partial charge in [-0.25, -0.2) is 0 Å². The third kappa shape index (κ3) is 4.54. The van der Waals surface area contributed by atoms with E-state index in [-0.39, 0.29) is 70.8 Å². The van der Waals surface area contributed by atoms with Crippen LogP contribution in [0, 0.1) is 50.7 Å². The van der Waals surface area contributed by atoms with Gasteiger partial charge in [-0.2, -0.15) is 0 Å². The summed E-state index contributed by atoms with van der Waals surface area (Å²) in [5.74, 6) is 1.16. The van der Waals surface area contributed by atoms with E-state index in [1.807, 2.05) is 0 Å². The van der Waals surface area contributed by atoms with E-state index in [1.54, 1.807) is 0 Å². The lowest BCUT2D eigenvalue weighted by Gasteiger charge is -2.72. The van der Waals surface area contributed by atoms with Gasteiger partial charge in [0.2, 0.25) is 0 Å². The number of carbonyl (C=O) groups is 2. The summed E-state index contributed by atoms with van der Waals surface area (Å²) in [6, 6.07) is 0. The summed E-state index contributed by atoms with van der Waals surface area (Å²) in [4.78, 5) is 27.1. The average molecular weight is 631 g/mol. The molecule has 4 unspecified atom stereocenters. The van der Waals surface area contributed by atoms with Crippen molar-refractivity contribution in [2.45, 2.75) is 143 Å². The predicted octanol–water partition coefficient (Wildman–Crippen LogP) is 5.35. The van der Waals surface area contributed by atoms with Gasteiger partial charge in [0.15, 0.2) is 12.1 Å². The van der Waals surface area contributed by atoms with Crippen LogP contribution in [0.3, 0.4) is 0 Å². The molecule has 45 heavy (non-hydrogen) atoms. The van der Waals surface area contributed by atoms with Crippen molar-refractivity contribution in [2.24, 2.45) is 50.7 Å². The van der Waals surface area contributed by atoms with Crippen LogP contribution in [0.2, 0.25) is 0 Å². The summed E-state index contributed by atoms with van der Waals surface area (Å²) in [6.45, 7) is 16.1. The van der Waals surface area contributed by atoms with Crippen molar-refractivity contribution in [1.82, 2.24) is 0 Å². The molecule has 8 nitrogen and oxygen atoms in total. The minimum atomic E-state index is -1.11. The minimum absolute atomic E-state index is 0.0226. The van der Waals surface area contributed by atoms with Crippen molar-refractivity contribution < 1.29 is 39.1 Å². The number of hydrogen-bond acceptors (Lipinski definition) is 8. The largest absolute Gasteiger partial charge is 0.468 e. The fraction of sp³-hybridized carbons (Fsp3) is 0.892. The van der Waals surface area contributed by atoms with Gasteiger partial charge >= 0.3 is 5.97 Å². The Balaban J connectivity index is 1.30. The summed E-state index contributed by atoms with van der Waals surface area (Å²) >= 11 is 0. The highest BCUT2D eigenvalue weighted by molar-refractivity contribution is 6.05. The highest BCUT2D eigenvalue weighted by Crippen LogP contribution is 2.76. The van der Waals surface area contributed by atoms with Crippen LogP contribution in [0.15, 0.2) is 11.1 Å². The summed E-state index contributed by atoms with van der Waals surface area (Å²) in [7, 11) is 1.47. The van der Waals surface area contributed by atoms with E-state index >= 15 is 0 Å². The smallest absolute Gasteiger partial charge is 0.316 e. The minimum Gasteiger partial charge on any atom is -0.468 e. The van der Waals surface area contributed by atoms with Crippen LogP contribution in [0.1, 0.15) is 113 Å². The molecular weight excluding hydrogens is 572 g/mol. The van der Waals surface area contributed by atoms with Crippen molar-refractivity contribution in [3.8, 4) is 0 Å². The maximum atomic E-state index is 13.6. The molecule has 0 aromatic rings. The summed E-state index contributed by atoms with van der Waals surface area (Å²) < 4.78 is 17.9. The number of allylic oxidation sites excluding steroid dienone is 1. The Kier molecular flexibility index (Phi) is 8.29. The molecule has 0 radical (unpaired) electrons. The van der Waals surface area contributed by atoms with Gasteiger partial charge in [-0.1, -0.05) is 48.5 Å². The summed E-state index contributed by atoms with van der Waals surface area (Å²) in [5, 5.41) is 30.3. The molecular formula is C37H58O8. The average Bonchev–Trinajstić information content (AvgIpc) is 3.29. The summed E-state index contributed by atoms with van der Waals surface area (Å²) in [5.41, 5.74) is 1.26. The lowest BCUT2D eigenvalue weighted by molar-refractivity contribution is -0.300. The zero-order chi connectivity index (χ0) is 32.9. The Morgan fingerprint density at radius 1 is 0.956 bits per heavy atom. The number of aliphatic hydroxyl groups is 3. The number of rotatable bonds is 5. The Morgan fingerprint density at radius 3 is 2.31 bits per heavy atom. The molecule has 3 N–H and O–H groups in total. The zero-order valence-electron chi connectivity index (χ0n) is 28.9. The van der Waals surface area contributed by atoms with E-state index in [0.29, 0.717) is 18.3 Å². The van der Waals surface area contributed by atoms with Crippen molar-refractivity contribution in [1.29, 1.82) is 0 Å². The number of aliphatic hydroxyl groups excluding tert-OH is 3. The number of ether oxygens (including phenoxy) is 3. The monoisotopic (exact) mass is 630 g/mol. The molecule has 0 amide bonds. The van der Waals surface area contributed by atoms with Crippen LogP contribution in [-0.4, -0.2) is 71.5 Å². The molecule has 8 heteroatoms. The second-order valence-electron chi connectivity index (χ2n) is 17.3. The van der Waals surface area contributed by atoms with Gasteiger partial charge in [0, 0.05) is 12.8 Å². The Bertz CT molecular complexity index is 1240. The predicted molar refractivity (Wildman–Crippen MR) is 169 cm³/mol. The van der Waals surface area contributed by atoms with Gasteiger partial charge in [0.05, 0.1) is 31.3 Å². The SMILES string of the molecule is COC(=O)[C@@]12CC[C@]3(C)C(CCC4[C@@]5(C)CCC(O[C@@H]6C[C@@H](O)[C@@H](O)[C@@H](CO)O6)C(C)(C)C5CC[C@]43C)C1=C(C(C)C)C(=O)C2. The first-order valence-electron chi connectivity index (χ1n) is 17.7. The first kappa shape index (κ1) is 33.6. The van der Waals surface area contributed by atoms with E-state index in [4.69, 9.17) is 14.2 Å². The number of Topliss-reactive ketones (excluding diaryl/α,β-unsaturated/α-hetero) is 1. The fourth-order valence-corrected chi connectivity index (χ4v) is 12.6. The van der Waals surface area contributed by atoms with Gasteiger partial charge in [0.25, 0.3) is 0 Å². The lowest BCUT2D eigenvalue weighted by Crippen LogP contribution is -2.66. The van der Waals surface area contributed by atoms with E-state index in [1.165, 1.54) is 7.11 Å². The van der Waals surface area contributed by atoms with Gasteiger partial charge in [-0.3, -0.25) is 9.59 Å². The Hall–Kier alpha value is -1.32. The first-order valence-corrected chi connectivity index (χ1v) is 17.7. The van der Waals surface area contributed by atoms with Crippen molar-refractivity contribution in [2.75, 3.05) is 13.7 Å². The Morgan fingerprint density at radius 2 is 1.67 bits per heavy atom. The normalized spacial score (nSPS) is 49.2. The molecule has 6 aliphatic rings. The van der Waals surface area contributed by atoms with Crippen LogP contribution in [0.5, 0.6) is 0 Å². The molecule has 12 atom stereocenters. The zero-order valence-corrected chi connectivity index (χ0v) is 28.9. The molecule has 0 spiro atoms. The van der Waals surface area contributed by atoms with Crippen molar-refractivity contribution >= 4 is 11.8 Å². The van der Waals surface area contributed by atoms with E-state index in [9.17, 15) is 24.9 Å². The van der Waals surface area contributed by atoms with E-state index < -0.39 is 30.0 Å². The highest BCUT2D eigenvalue weighted by Gasteiger charge is 2.71. The van der Waals surface area contributed by atoms with Crippen LogP contribution in [0.4, 0.5) is 0 Å². The van der Waals surface area contributed by atoms with Crippen LogP contribution in [-0.2, 0) is 23.8 Å². The molecule has 0 aromatic heterocycles. The molecule has 1 aliphatic heterocycles. The number of methoxy groups -OCH3 is 1. The quantitative estimate of drug-likeness (QED) is 0.274. The topological polar surface area (TPSA) is 123 Å². The molecule has 0 aromatic carbocycles. The molecule has 6 rings (SSSR count). The molecule has 5 fully saturated rings. The number of ketones is 1. The fourth-order valence-electron chi connectivity index (χ4n) is 12.6. The Labute approximate surface area is 269 Å². The number of fused-ring (bicyclic) bond motifs is 7. The van der Waals surface area contributed by atoms with Crippen molar-refractivity contribution in [3.63, 3.8) is 0 Å². The van der Waals surface area contributed by atoms with Gasteiger partial charge in [-0.05, 0) is 108 Å².